The summed E-state index contributed by atoms with van der Waals surface area (Å²) in [6.45, 7) is 14.4. The molecule has 0 radical (unpaired) electrons. The Balaban J connectivity index is 2.43. The summed E-state index contributed by atoms with van der Waals surface area (Å²) >= 11 is 3.52. The average Bonchev–Trinajstić information content (AvgIpc) is 2.10. The molecule has 0 aromatic rings. The maximum atomic E-state index is 6.10. The topological polar surface area (TPSA) is 12.5 Å². The maximum absolute atomic E-state index is 6.10. The van der Waals surface area contributed by atoms with Crippen molar-refractivity contribution >= 4 is 15.9 Å². The molecule has 1 fully saturated rings. The lowest BCUT2D eigenvalue weighted by Gasteiger charge is -2.47. The van der Waals surface area contributed by atoms with Crippen LogP contribution in [-0.4, -0.2) is 41.1 Å². The van der Waals surface area contributed by atoms with Crippen molar-refractivity contribution in [2.24, 2.45) is 5.92 Å². The van der Waals surface area contributed by atoms with Crippen LogP contribution in [0.4, 0.5) is 0 Å². The van der Waals surface area contributed by atoms with Crippen molar-refractivity contribution in [1.29, 1.82) is 0 Å². The van der Waals surface area contributed by atoms with Gasteiger partial charge in [-0.1, -0.05) is 22.9 Å². The van der Waals surface area contributed by atoms with Crippen molar-refractivity contribution in [3.63, 3.8) is 0 Å². The van der Waals surface area contributed by atoms with Gasteiger partial charge >= 0.3 is 0 Å². The molecular formula is C14H28BrNO. The van der Waals surface area contributed by atoms with Crippen molar-refractivity contribution < 1.29 is 4.74 Å². The highest BCUT2D eigenvalue weighted by molar-refractivity contribution is 9.09. The third-order valence-corrected chi connectivity index (χ3v) is 3.76. The van der Waals surface area contributed by atoms with Crippen molar-refractivity contribution in [1.82, 2.24) is 4.90 Å². The standard InChI is InChI=1S/C14H28BrNO/c1-12(6-8-15)7-9-16-10-13(2,3)17-14(4,5)11-16/h12H,6-11H2,1-5H3. The number of hydrogen-bond donors (Lipinski definition) is 0. The molecule has 1 saturated heterocycles. The van der Waals surface area contributed by atoms with Crippen molar-refractivity contribution in [3.05, 3.63) is 0 Å². The van der Waals surface area contributed by atoms with Gasteiger partial charge in [-0.3, -0.25) is 4.90 Å². The first kappa shape index (κ1) is 15.5. The molecule has 0 bridgehead atoms. The Kier molecular flexibility index (Phi) is 5.48. The fourth-order valence-electron chi connectivity index (χ4n) is 2.84. The van der Waals surface area contributed by atoms with Crippen LogP contribution < -0.4 is 0 Å². The van der Waals surface area contributed by atoms with E-state index in [0.29, 0.717) is 0 Å². The fraction of sp³-hybridized carbons (Fsp3) is 1.00. The number of rotatable bonds is 5. The number of hydrogen-bond acceptors (Lipinski definition) is 2. The monoisotopic (exact) mass is 305 g/mol. The van der Waals surface area contributed by atoms with E-state index in [2.05, 4.69) is 55.4 Å². The molecule has 1 atom stereocenters. The summed E-state index contributed by atoms with van der Waals surface area (Å²) in [6, 6.07) is 0. The van der Waals surface area contributed by atoms with Crippen LogP contribution in [0.25, 0.3) is 0 Å². The minimum absolute atomic E-state index is 0.0135. The molecule has 0 aromatic heterocycles. The van der Waals surface area contributed by atoms with Gasteiger partial charge in [0.2, 0.25) is 0 Å². The molecule has 1 rings (SSSR count). The molecule has 1 aliphatic rings. The molecule has 1 unspecified atom stereocenters. The van der Waals surface area contributed by atoms with E-state index in [9.17, 15) is 0 Å². The highest BCUT2D eigenvalue weighted by Crippen LogP contribution is 2.28. The maximum Gasteiger partial charge on any atom is 0.0760 e. The third kappa shape index (κ3) is 5.71. The normalized spacial score (nSPS) is 25.8. The van der Waals surface area contributed by atoms with Crippen LogP contribution in [0.5, 0.6) is 0 Å². The number of ether oxygens (including phenoxy) is 1. The number of halogens is 1. The van der Waals surface area contributed by atoms with Crippen LogP contribution in [0.1, 0.15) is 47.5 Å². The van der Waals surface area contributed by atoms with Crippen LogP contribution in [0, 0.1) is 5.92 Å². The van der Waals surface area contributed by atoms with E-state index in [1.807, 2.05) is 0 Å². The molecule has 17 heavy (non-hydrogen) atoms. The van der Waals surface area contributed by atoms with Gasteiger partial charge in [0.05, 0.1) is 11.2 Å². The van der Waals surface area contributed by atoms with Crippen LogP contribution >= 0.6 is 15.9 Å². The zero-order valence-corrected chi connectivity index (χ0v) is 13.6. The number of morpholine rings is 1. The first-order valence-corrected chi connectivity index (χ1v) is 7.85. The summed E-state index contributed by atoms with van der Waals surface area (Å²) in [5.41, 5.74) is -0.0270. The molecule has 102 valence electrons. The zero-order chi connectivity index (χ0) is 13.1. The first-order valence-electron chi connectivity index (χ1n) is 6.73. The quantitative estimate of drug-likeness (QED) is 0.718. The summed E-state index contributed by atoms with van der Waals surface area (Å²) in [7, 11) is 0. The Labute approximate surface area is 115 Å². The first-order chi connectivity index (χ1) is 7.74. The smallest absolute Gasteiger partial charge is 0.0760 e. The molecule has 3 heteroatoms. The van der Waals surface area contributed by atoms with E-state index in [4.69, 9.17) is 4.74 Å². The predicted molar refractivity (Wildman–Crippen MR) is 77.9 cm³/mol. The van der Waals surface area contributed by atoms with Gasteiger partial charge in [-0.2, -0.15) is 0 Å². The van der Waals surface area contributed by atoms with Gasteiger partial charge in [-0.15, -0.1) is 0 Å². The van der Waals surface area contributed by atoms with E-state index in [1.54, 1.807) is 0 Å². The van der Waals surface area contributed by atoms with Gasteiger partial charge in [-0.25, -0.2) is 0 Å². The Bertz CT molecular complexity index is 224. The minimum Gasteiger partial charge on any atom is -0.367 e. The third-order valence-electron chi connectivity index (χ3n) is 3.30. The summed E-state index contributed by atoms with van der Waals surface area (Å²) in [6.07, 6.45) is 2.56. The van der Waals surface area contributed by atoms with E-state index in [0.717, 1.165) is 24.3 Å². The Morgan fingerprint density at radius 2 is 1.65 bits per heavy atom. The second-order valence-corrected chi connectivity index (χ2v) is 7.50. The molecular weight excluding hydrogens is 278 g/mol. The largest absolute Gasteiger partial charge is 0.367 e. The summed E-state index contributed by atoms with van der Waals surface area (Å²) < 4.78 is 6.10. The van der Waals surface area contributed by atoms with Crippen LogP contribution in [0.3, 0.4) is 0 Å². The lowest BCUT2D eigenvalue weighted by Crippen LogP contribution is -2.57. The molecule has 0 amide bonds. The fourth-order valence-corrected chi connectivity index (χ4v) is 3.62. The van der Waals surface area contributed by atoms with E-state index < -0.39 is 0 Å². The van der Waals surface area contributed by atoms with Gasteiger partial charge in [0.1, 0.15) is 0 Å². The number of alkyl halides is 1. The lowest BCUT2D eigenvalue weighted by molar-refractivity contribution is -0.180. The van der Waals surface area contributed by atoms with Crippen LogP contribution in [0.2, 0.25) is 0 Å². The van der Waals surface area contributed by atoms with Crippen LogP contribution in [0.15, 0.2) is 0 Å². The van der Waals surface area contributed by atoms with Gasteiger partial charge in [0.25, 0.3) is 0 Å². The highest BCUT2D eigenvalue weighted by atomic mass is 79.9. The summed E-state index contributed by atoms with van der Waals surface area (Å²) in [5, 5.41) is 1.12. The zero-order valence-electron chi connectivity index (χ0n) is 12.1. The number of nitrogens with zero attached hydrogens (tertiary/aromatic N) is 1. The minimum atomic E-state index is -0.0135. The molecule has 1 heterocycles. The highest BCUT2D eigenvalue weighted by Gasteiger charge is 2.37. The molecule has 2 nitrogen and oxygen atoms in total. The molecule has 0 aromatic carbocycles. The van der Waals surface area contributed by atoms with Crippen molar-refractivity contribution in [3.8, 4) is 0 Å². The SMILES string of the molecule is CC(CCBr)CCN1CC(C)(C)OC(C)(C)C1. The van der Waals surface area contributed by atoms with Gasteiger partial charge in [0.15, 0.2) is 0 Å². The van der Waals surface area contributed by atoms with Gasteiger partial charge < -0.3 is 4.74 Å². The van der Waals surface area contributed by atoms with E-state index in [-0.39, 0.29) is 11.2 Å². The molecule has 0 aliphatic carbocycles. The van der Waals surface area contributed by atoms with Gasteiger partial charge in [-0.05, 0) is 53.0 Å². The van der Waals surface area contributed by atoms with Crippen molar-refractivity contribution in [2.75, 3.05) is 25.0 Å². The van der Waals surface area contributed by atoms with E-state index in [1.165, 1.54) is 19.4 Å². The van der Waals surface area contributed by atoms with Gasteiger partial charge in [0, 0.05) is 18.4 Å². The lowest BCUT2D eigenvalue weighted by atomic mass is 9.97. The molecule has 0 saturated carbocycles. The second-order valence-electron chi connectivity index (χ2n) is 6.70. The summed E-state index contributed by atoms with van der Waals surface area (Å²) in [4.78, 5) is 2.56. The Morgan fingerprint density at radius 1 is 1.12 bits per heavy atom. The summed E-state index contributed by atoms with van der Waals surface area (Å²) in [5.74, 6) is 0.809. The molecule has 0 spiro atoms. The average molecular weight is 306 g/mol. The van der Waals surface area contributed by atoms with Crippen molar-refractivity contribution in [2.45, 2.75) is 58.7 Å². The molecule has 0 N–H and O–H groups in total. The predicted octanol–water partition coefficient (Wildman–Crippen LogP) is 3.69. The Hall–Kier alpha value is 0.400. The van der Waals surface area contributed by atoms with Crippen LogP contribution in [-0.2, 0) is 4.74 Å². The van der Waals surface area contributed by atoms with E-state index >= 15 is 0 Å². The molecule has 1 aliphatic heterocycles. The Morgan fingerprint density at radius 3 is 2.12 bits per heavy atom. The second kappa shape index (κ2) is 6.03.